The van der Waals surface area contributed by atoms with Crippen LogP contribution in [0.15, 0.2) is 0 Å². The Bertz CT molecular complexity index is 87.1. The van der Waals surface area contributed by atoms with Gasteiger partial charge in [-0.15, -0.1) is 0 Å². The fourth-order valence-electron chi connectivity index (χ4n) is 1.18. The lowest BCUT2D eigenvalue weighted by molar-refractivity contribution is 0.0177. The van der Waals surface area contributed by atoms with E-state index in [2.05, 4.69) is 0 Å². The van der Waals surface area contributed by atoms with Gasteiger partial charge < -0.3 is 15.9 Å². The fourth-order valence-corrected chi connectivity index (χ4v) is 1.18. The third kappa shape index (κ3) is 1.41. The first-order valence-corrected chi connectivity index (χ1v) is 3.33. The molecule has 3 heteroatoms. The Hall–Kier alpha value is -0.120. The van der Waals surface area contributed by atoms with E-state index in [0.717, 1.165) is 19.3 Å². The molecule has 54 valence electrons. The molecule has 0 radical (unpaired) electrons. The zero-order valence-electron chi connectivity index (χ0n) is 5.33. The standard InChI is InChI=1S/C6H13NO2/c7-6-4(8)2-1-3-5(6)9/h4-6,8-9H,1-3,7H2/t4-,5+,6+. The lowest BCUT2D eigenvalue weighted by atomic mass is 9.91. The molecular formula is C6H13NO2. The molecule has 0 spiro atoms. The molecule has 1 rings (SSSR count). The minimum absolute atomic E-state index is 0.418. The summed E-state index contributed by atoms with van der Waals surface area (Å²) in [5.41, 5.74) is 5.42. The average molecular weight is 131 g/mol. The second-order valence-corrected chi connectivity index (χ2v) is 2.64. The van der Waals surface area contributed by atoms with Crippen molar-refractivity contribution in [1.82, 2.24) is 0 Å². The lowest BCUT2D eigenvalue weighted by Crippen LogP contribution is -2.47. The number of aliphatic hydroxyl groups excluding tert-OH is 2. The van der Waals surface area contributed by atoms with Gasteiger partial charge in [-0.1, -0.05) is 0 Å². The number of hydrogen-bond donors (Lipinski definition) is 3. The highest BCUT2D eigenvalue weighted by atomic mass is 16.3. The topological polar surface area (TPSA) is 66.5 Å². The predicted molar refractivity (Wildman–Crippen MR) is 33.8 cm³/mol. The molecule has 4 N–H and O–H groups in total. The first-order valence-electron chi connectivity index (χ1n) is 3.33. The molecule has 0 aromatic carbocycles. The van der Waals surface area contributed by atoms with Crippen LogP contribution >= 0.6 is 0 Å². The maximum atomic E-state index is 9.06. The summed E-state index contributed by atoms with van der Waals surface area (Å²) < 4.78 is 0. The van der Waals surface area contributed by atoms with Crippen molar-refractivity contribution in [2.75, 3.05) is 0 Å². The highest BCUT2D eigenvalue weighted by Crippen LogP contribution is 2.16. The molecule has 1 aliphatic rings. The van der Waals surface area contributed by atoms with E-state index in [-0.39, 0.29) is 0 Å². The molecule has 3 nitrogen and oxygen atoms in total. The third-order valence-corrected chi connectivity index (χ3v) is 1.89. The van der Waals surface area contributed by atoms with Crippen molar-refractivity contribution >= 4 is 0 Å². The van der Waals surface area contributed by atoms with Crippen molar-refractivity contribution < 1.29 is 10.2 Å². The largest absolute Gasteiger partial charge is 0.391 e. The molecule has 9 heavy (non-hydrogen) atoms. The van der Waals surface area contributed by atoms with E-state index < -0.39 is 18.2 Å². The van der Waals surface area contributed by atoms with Crippen LogP contribution in [0.1, 0.15) is 19.3 Å². The number of hydrogen-bond acceptors (Lipinski definition) is 3. The van der Waals surface area contributed by atoms with E-state index in [1.165, 1.54) is 0 Å². The molecule has 0 amide bonds. The van der Waals surface area contributed by atoms with Crippen LogP contribution in [0.3, 0.4) is 0 Å². The van der Waals surface area contributed by atoms with E-state index in [1.54, 1.807) is 0 Å². The Morgan fingerprint density at radius 2 is 1.56 bits per heavy atom. The quantitative estimate of drug-likeness (QED) is 0.404. The van der Waals surface area contributed by atoms with E-state index in [4.69, 9.17) is 15.9 Å². The molecule has 0 saturated heterocycles. The number of nitrogens with two attached hydrogens (primary N) is 1. The molecule has 0 aromatic heterocycles. The first-order chi connectivity index (χ1) is 4.22. The van der Waals surface area contributed by atoms with Crippen LogP contribution in [0.25, 0.3) is 0 Å². The minimum Gasteiger partial charge on any atom is -0.391 e. The molecule has 0 bridgehead atoms. The molecule has 1 aliphatic carbocycles. The summed E-state index contributed by atoms with van der Waals surface area (Å²) in [6.45, 7) is 0. The van der Waals surface area contributed by atoms with Gasteiger partial charge in [0.1, 0.15) is 0 Å². The van der Waals surface area contributed by atoms with Crippen molar-refractivity contribution in [2.24, 2.45) is 5.73 Å². The summed E-state index contributed by atoms with van der Waals surface area (Å²) in [4.78, 5) is 0. The van der Waals surface area contributed by atoms with Crippen molar-refractivity contribution in [1.29, 1.82) is 0 Å². The number of rotatable bonds is 0. The summed E-state index contributed by atoms with van der Waals surface area (Å²) >= 11 is 0. The summed E-state index contributed by atoms with van der Waals surface area (Å²) in [5, 5.41) is 18.1. The van der Waals surface area contributed by atoms with Crippen molar-refractivity contribution in [2.45, 2.75) is 37.5 Å². The Labute approximate surface area is 54.5 Å². The van der Waals surface area contributed by atoms with Gasteiger partial charge in [-0.25, -0.2) is 0 Å². The van der Waals surface area contributed by atoms with Gasteiger partial charge in [0.2, 0.25) is 0 Å². The summed E-state index contributed by atoms with van der Waals surface area (Å²) in [5.74, 6) is 0. The van der Waals surface area contributed by atoms with Crippen LogP contribution in [-0.4, -0.2) is 28.5 Å². The second-order valence-electron chi connectivity index (χ2n) is 2.64. The van der Waals surface area contributed by atoms with Gasteiger partial charge >= 0.3 is 0 Å². The van der Waals surface area contributed by atoms with Gasteiger partial charge in [0.15, 0.2) is 0 Å². The predicted octanol–water partition coefficient (Wildman–Crippen LogP) is -0.781. The van der Waals surface area contributed by atoms with E-state index in [0.29, 0.717) is 0 Å². The Kier molecular flexibility index (Phi) is 2.05. The molecule has 0 aliphatic heterocycles. The Balaban J connectivity index is 2.41. The molecule has 0 unspecified atom stereocenters. The maximum Gasteiger partial charge on any atom is 0.0716 e. The smallest absolute Gasteiger partial charge is 0.0716 e. The average Bonchev–Trinajstić information content (AvgIpc) is 1.83. The molecule has 0 heterocycles. The zero-order chi connectivity index (χ0) is 6.85. The fraction of sp³-hybridized carbons (Fsp3) is 1.00. The zero-order valence-corrected chi connectivity index (χ0v) is 5.33. The summed E-state index contributed by atoms with van der Waals surface area (Å²) in [6.07, 6.45) is 1.37. The molecular weight excluding hydrogens is 118 g/mol. The second kappa shape index (κ2) is 2.64. The molecule has 1 saturated carbocycles. The van der Waals surface area contributed by atoms with Crippen LogP contribution < -0.4 is 5.73 Å². The highest BCUT2D eigenvalue weighted by molar-refractivity contribution is 4.83. The van der Waals surface area contributed by atoms with E-state index in [1.807, 2.05) is 0 Å². The van der Waals surface area contributed by atoms with Crippen LogP contribution in [-0.2, 0) is 0 Å². The molecule has 0 aromatic rings. The van der Waals surface area contributed by atoms with Gasteiger partial charge in [0.05, 0.1) is 18.2 Å². The Morgan fingerprint density at radius 3 is 1.89 bits per heavy atom. The van der Waals surface area contributed by atoms with Gasteiger partial charge in [-0.3, -0.25) is 0 Å². The molecule has 1 fully saturated rings. The van der Waals surface area contributed by atoms with Gasteiger partial charge in [0, 0.05) is 0 Å². The highest BCUT2D eigenvalue weighted by Gasteiger charge is 2.26. The van der Waals surface area contributed by atoms with Gasteiger partial charge in [-0.2, -0.15) is 0 Å². The van der Waals surface area contributed by atoms with Crippen LogP contribution in [0, 0.1) is 0 Å². The number of aliphatic hydroxyl groups is 2. The summed E-state index contributed by atoms with van der Waals surface area (Å²) in [7, 11) is 0. The van der Waals surface area contributed by atoms with Crippen LogP contribution in [0.2, 0.25) is 0 Å². The van der Waals surface area contributed by atoms with Crippen molar-refractivity contribution in [3.63, 3.8) is 0 Å². The van der Waals surface area contributed by atoms with E-state index >= 15 is 0 Å². The SMILES string of the molecule is N[C@H]1[C@H](O)CCC[C@@H]1O. The first kappa shape index (κ1) is 6.99. The van der Waals surface area contributed by atoms with Gasteiger partial charge in [0.25, 0.3) is 0 Å². The normalized spacial score (nSPS) is 45.0. The maximum absolute atomic E-state index is 9.06. The van der Waals surface area contributed by atoms with Crippen molar-refractivity contribution in [3.8, 4) is 0 Å². The van der Waals surface area contributed by atoms with Crippen LogP contribution in [0.4, 0.5) is 0 Å². The summed E-state index contributed by atoms with van der Waals surface area (Å²) in [6, 6.07) is -0.418. The van der Waals surface area contributed by atoms with Crippen LogP contribution in [0.5, 0.6) is 0 Å². The monoisotopic (exact) mass is 131 g/mol. The van der Waals surface area contributed by atoms with Crippen molar-refractivity contribution in [3.05, 3.63) is 0 Å². The lowest BCUT2D eigenvalue weighted by Gasteiger charge is -2.28. The third-order valence-electron chi connectivity index (χ3n) is 1.89. The molecule has 3 atom stereocenters. The van der Waals surface area contributed by atoms with E-state index in [9.17, 15) is 0 Å². The minimum atomic E-state index is -0.492. The van der Waals surface area contributed by atoms with Gasteiger partial charge in [-0.05, 0) is 19.3 Å². The Morgan fingerprint density at radius 1 is 1.11 bits per heavy atom.